The van der Waals surface area contributed by atoms with Crippen molar-refractivity contribution in [3.8, 4) is 0 Å². The van der Waals surface area contributed by atoms with Crippen molar-refractivity contribution in [1.29, 1.82) is 0 Å². The molecule has 0 N–H and O–H groups in total. The van der Waals surface area contributed by atoms with Crippen LogP contribution in [0.1, 0.15) is 23.7 Å². The maximum absolute atomic E-state index is 13.5. The summed E-state index contributed by atoms with van der Waals surface area (Å²) in [6.45, 7) is 4.29. The zero-order valence-electron chi connectivity index (χ0n) is 19.8. The highest BCUT2D eigenvalue weighted by molar-refractivity contribution is 7.89. The number of aromatic nitrogens is 1. The number of benzene rings is 2. The predicted octanol–water partition coefficient (Wildman–Crippen LogP) is 4.28. The fraction of sp³-hybridized carbons (Fsp3) is 0.346. The summed E-state index contributed by atoms with van der Waals surface area (Å²) in [7, 11) is -3.74. The van der Waals surface area contributed by atoms with Gasteiger partial charge in [0, 0.05) is 64.1 Å². The van der Waals surface area contributed by atoms with E-state index >= 15 is 0 Å². The number of halogens is 2. The van der Waals surface area contributed by atoms with Crippen LogP contribution in [0.4, 0.5) is 0 Å². The normalized spacial score (nSPS) is 19.3. The molecule has 1 aromatic heterocycles. The van der Waals surface area contributed by atoms with Gasteiger partial charge in [0.25, 0.3) is 0 Å². The standard InChI is InChI=1S/C26H28Cl2N4O3S/c27-22-9-8-20(17-23(22)28)19-29-11-13-31(14-12-29)26(33)18-25-24-7-4-10-30(24)15-16-32(25)36(34,35)21-5-2-1-3-6-21/h1-10,17,25H,11-16,18-19H2. The smallest absolute Gasteiger partial charge is 0.243 e. The van der Waals surface area contributed by atoms with E-state index in [2.05, 4.69) is 4.90 Å². The molecule has 2 aromatic carbocycles. The zero-order valence-corrected chi connectivity index (χ0v) is 22.1. The summed E-state index contributed by atoms with van der Waals surface area (Å²) < 4.78 is 30.6. The molecular formula is C26H28Cl2N4O3S. The lowest BCUT2D eigenvalue weighted by Gasteiger charge is -2.38. The van der Waals surface area contributed by atoms with Gasteiger partial charge in [0.15, 0.2) is 0 Å². The minimum absolute atomic E-state index is 0.0305. The first-order chi connectivity index (χ1) is 17.3. The van der Waals surface area contributed by atoms with Gasteiger partial charge in [-0.25, -0.2) is 8.42 Å². The van der Waals surface area contributed by atoms with Crippen molar-refractivity contribution in [2.24, 2.45) is 0 Å². The van der Waals surface area contributed by atoms with Crippen molar-refractivity contribution in [1.82, 2.24) is 18.7 Å². The molecule has 0 radical (unpaired) electrons. The van der Waals surface area contributed by atoms with Crippen molar-refractivity contribution in [3.05, 3.63) is 88.2 Å². The lowest BCUT2D eigenvalue weighted by molar-refractivity contribution is -0.134. The quantitative estimate of drug-likeness (QED) is 0.463. The molecule has 2 aliphatic heterocycles. The Labute approximate surface area is 221 Å². The minimum atomic E-state index is -3.74. The van der Waals surface area contributed by atoms with Crippen LogP contribution in [0.15, 0.2) is 71.8 Å². The highest BCUT2D eigenvalue weighted by Crippen LogP contribution is 2.34. The number of hydrogen-bond donors (Lipinski definition) is 0. The Balaban J connectivity index is 1.27. The van der Waals surface area contributed by atoms with Crippen LogP contribution in [-0.4, -0.2) is 65.7 Å². The van der Waals surface area contributed by atoms with E-state index in [-0.39, 0.29) is 17.2 Å². The Morgan fingerprint density at radius 3 is 2.33 bits per heavy atom. The fourth-order valence-electron chi connectivity index (χ4n) is 5.01. The van der Waals surface area contributed by atoms with Crippen molar-refractivity contribution < 1.29 is 13.2 Å². The Kier molecular flexibility index (Phi) is 7.42. The molecule has 10 heteroatoms. The Morgan fingerprint density at radius 1 is 0.861 bits per heavy atom. The third kappa shape index (κ3) is 5.19. The van der Waals surface area contributed by atoms with Gasteiger partial charge >= 0.3 is 0 Å². The van der Waals surface area contributed by atoms with Crippen molar-refractivity contribution >= 4 is 39.1 Å². The summed E-state index contributed by atoms with van der Waals surface area (Å²) in [5.41, 5.74) is 1.93. The zero-order chi connectivity index (χ0) is 25.3. The van der Waals surface area contributed by atoms with Crippen LogP contribution in [0.5, 0.6) is 0 Å². The Morgan fingerprint density at radius 2 is 1.61 bits per heavy atom. The summed E-state index contributed by atoms with van der Waals surface area (Å²) in [5.74, 6) is -0.0305. The van der Waals surface area contributed by atoms with Crippen LogP contribution in [-0.2, 0) is 27.9 Å². The Hall–Kier alpha value is -2.36. The molecule has 0 saturated carbocycles. The van der Waals surface area contributed by atoms with Gasteiger partial charge < -0.3 is 9.47 Å². The predicted molar refractivity (Wildman–Crippen MR) is 140 cm³/mol. The molecule has 1 saturated heterocycles. The van der Waals surface area contributed by atoms with E-state index in [1.54, 1.807) is 36.4 Å². The minimum Gasteiger partial charge on any atom is -0.349 e. The van der Waals surface area contributed by atoms with E-state index in [4.69, 9.17) is 23.2 Å². The van der Waals surface area contributed by atoms with E-state index in [0.29, 0.717) is 36.2 Å². The summed E-state index contributed by atoms with van der Waals surface area (Å²) in [5, 5.41) is 1.07. The lowest BCUT2D eigenvalue weighted by atomic mass is 10.1. The summed E-state index contributed by atoms with van der Waals surface area (Å²) in [6, 6.07) is 17.4. The third-order valence-electron chi connectivity index (χ3n) is 6.95. The van der Waals surface area contributed by atoms with Gasteiger partial charge in [-0.3, -0.25) is 9.69 Å². The molecule has 2 aliphatic rings. The third-order valence-corrected chi connectivity index (χ3v) is 9.61. The van der Waals surface area contributed by atoms with Crippen LogP contribution < -0.4 is 0 Å². The molecule has 1 fully saturated rings. The van der Waals surface area contributed by atoms with Crippen LogP contribution >= 0.6 is 23.2 Å². The highest BCUT2D eigenvalue weighted by Gasteiger charge is 2.38. The van der Waals surface area contributed by atoms with Gasteiger partial charge in [0.2, 0.25) is 15.9 Å². The number of sulfonamides is 1. The monoisotopic (exact) mass is 546 g/mol. The lowest BCUT2D eigenvalue weighted by Crippen LogP contribution is -2.50. The number of amides is 1. The first-order valence-electron chi connectivity index (χ1n) is 12.0. The van der Waals surface area contributed by atoms with Crippen LogP contribution in [0.2, 0.25) is 10.0 Å². The van der Waals surface area contributed by atoms with Crippen molar-refractivity contribution in [2.75, 3.05) is 32.7 Å². The molecule has 0 aliphatic carbocycles. The number of rotatable bonds is 6. The van der Waals surface area contributed by atoms with E-state index < -0.39 is 16.1 Å². The van der Waals surface area contributed by atoms with Crippen molar-refractivity contribution in [3.63, 3.8) is 0 Å². The second-order valence-corrected chi connectivity index (χ2v) is 11.9. The fourth-order valence-corrected chi connectivity index (χ4v) is 6.94. The van der Waals surface area contributed by atoms with Crippen molar-refractivity contribution in [2.45, 2.75) is 30.4 Å². The molecule has 36 heavy (non-hydrogen) atoms. The van der Waals surface area contributed by atoms with E-state index in [0.717, 1.165) is 30.9 Å². The maximum atomic E-state index is 13.5. The number of hydrogen-bond acceptors (Lipinski definition) is 4. The molecule has 7 nitrogen and oxygen atoms in total. The Bertz CT molecular complexity index is 1340. The number of nitrogens with zero attached hydrogens (tertiary/aromatic N) is 4. The molecule has 190 valence electrons. The van der Waals surface area contributed by atoms with E-state index in [1.165, 1.54) is 4.31 Å². The molecule has 3 aromatic rings. The van der Waals surface area contributed by atoms with Gasteiger partial charge in [-0.2, -0.15) is 4.31 Å². The first-order valence-corrected chi connectivity index (χ1v) is 14.2. The maximum Gasteiger partial charge on any atom is 0.243 e. The largest absolute Gasteiger partial charge is 0.349 e. The molecule has 0 spiro atoms. The van der Waals surface area contributed by atoms with Gasteiger partial charge in [0.05, 0.1) is 21.0 Å². The summed E-state index contributed by atoms with van der Waals surface area (Å²) in [6.07, 6.45) is 2.06. The van der Waals surface area contributed by atoms with Crippen LogP contribution in [0.3, 0.4) is 0 Å². The topological polar surface area (TPSA) is 65.9 Å². The second kappa shape index (κ2) is 10.6. The van der Waals surface area contributed by atoms with Gasteiger partial charge in [0.1, 0.15) is 0 Å². The van der Waals surface area contributed by atoms with Gasteiger partial charge in [-0.1, -0.05) is 47.5 Å². The van der Waals surface area contributed by atoms with E-state index in [9.17, 15) is 13.2 Å². The van der Waals surface area contributed by atoms with E-state index in [1.807, 2.05) is 39.9 Å². The second-order valence-electron chi connectivity index (χ2n) is 9.18. The first kappa shape index (κ1) is 25.3. The molecule has 1 atom stereocenters. The average molecular weight is 548 g/mol. The highest BCUT2D eigenvalue weighted by atomic mass is 35.5. The molecule has 5 rings (SSSR count). The van der Waals surface area contributed by atoms with Gasteiger partial charge in [-0.05, 0) is 42.0 Å². The van der Waals surface area contributed by atoms with Crippen LogP contribution in [0, 0.1) is 0 Å². The molecular weight excluding hydrogens is 519 g/mol. The number of carbonyl (C=O) groups is 1. The molecule has 1 amide bonds. The summed E-state index contributed by atoms with van der Waals surface area (Å²) in [4.78, 5) is 17.8. The van der Waals surface area contributed by atoms with Crippen LogP contribution in [0.25, 0.3) is 0 Å². The number of carbonyl (C=O) groups excluding carboxylic acids is 1. The number of piperazine rings is 1. The number of fused-ring (bicyclic) bond motifs is 1. The SMILES string of the molecule is O=C(CC1c2cccn2CCN1S(=O)(=O)c1ccccc1)N1CCN(Cc2ccc(Cl)c(Cl)c2)CC1. The molecule has 1 unspecified atom stereocenters. The molecule has 3 heterocycles. The molecule has 0 bridgehead atoms. The average Bonchev–Trinajstić information content (AvgIpc) is 3.37. The van der Waals surface area contributed by atoms with Gasteiger partial charge in [-0.15, -0.1) is 0 Å². The summed E-state index contributed by atoms with van der Waals surface area (Å²) >= 11 is 12.2.